The Balaban J connectivity index is 1.49. The maximum Gasteiger partial charge on any atom is 0.317 e. The molecule has 0 radical (unpaired) electrons. The average molecular weight is 353 g/mol. The first kappa shape index (κ1) is 18.1. The third-order valence-electron chi connectivity index (χ3n) is 4.43. The zero-order chi connectivity index (χ0) is 18.4. The smallest absolute Gasteiger partial charge is 0.317 e. The molecule has 1 N–H and O–H groups in total. The van der Waals surface area contributed by atoms with Crippen molar-refractivity contribution < 1.29 is 9.53 Å². The molecular formula is C21H27N3O2. The van der Waals surface area contributed by atoms with Gasteiger partial charge >= 0.3 is 6.03 Å². The van der Waals surface area contributed by atoms with E-state index in [0.717, 1.165) is 37.5 Å². The number of benzene rings is 2. The Morgan fingerprint density at radius 3 is 2.27 bits per heavy atom. The molecule has 0 bridgehead atoms. The van der Waals surface area contributed by atoms with Crippen LogP contribution in [0.3, 0.4) is 0 Å². The number of carbonyl (C=O) groups is 1. The van der Waals surface area contributed by atoms with Crippen molar-refractivity contribution in [2.24, 2.45) is 0 Å². The van der Waals surface area contributed by atoms with Crippen molar-refractivity contribution in [1.29, 1.82) is 0 Å². The van der Waals surface area contributed by atoms with Crippen LogP contribution in [0.15, 0.2) is 54.6 Å². The standard InChI is InChI=1S/C21H27N3O2/c1-17(2)22-21(25)24-14-12-23(13-15-24)19-8-10-20(11-9-19)26-16-18-6-4-3-5-7-18/h3-11,17H,12-16H2,1-2H3,(H,22,25). The molecule has 0 aromatic heterocycles. The molecule has 5 nitrogen and oxygen atoms in total. The van der Waals surface area contributed by atoms with Crippen molar-refractivity contribution in [3.05, 3.63) is 60.2 Å². The van der Waals surface area contributed by atoms with E-state index in [1.807, 2.05) is 49.1 Å². The number of hydrogen-bond acceptors (Lipinski definition) is 3. The highest BCUT2D eigenvalue weighted by molar-refractivity contribution is 5.74. The maximum atomic E-state index is 12.1. The number of nitrogens with zero attached hydrogens (tertiary/aromatic N) is 2. The molecule has 0 atom stereocenters. The summed E-state index contributed by atoms with van der Waals surface area (Å²) in [6.45, 7) is 7.70. The van der Waals surface area contributed by atoms with Crippen molar-refractivity contribution >= 4 is 11.7 Å². The Morgan fingerprint density at radius 2 is 1.65 bits per heavy atom. The summed E-state index contributed by atoms with van der Waals surface area (Å²) in [6, 6.07) is 18.6. The molecule has 2 amide bonds. The van der Waals surface area contributed by atoms with Gasteiger partial charge in [-0.3, -0.25) is 0 Å². The van der Waals surface area contributed by atoms with Gasteiger partial charge in [-0.15, -0.1) is 0 Å². The lowest BCUT2D eigenvalue weighted by atomic mass is 10.2. The van der Waals surface area contributed by atoms with Gasteiger partial charge in [0.2, 0.25) is 0 Å². The first-order valence-corrected chi connectivity index (χ1v) is 9.19. The van der Waals surface area contributed by atoms with Gasteiger partial charge in [0.25, 0.3) is 0 Å². The molecule has 0 spiro atoms. The van der Waals surface area contributed by atoms with Crippen LogP contribution in [0.1, 0.15) is 19.4 Å². The van der Waals surface area contributed by atoms with Gasteiger partial charge in [-0.25, -0.2) is 4.79 Å². The highest BCUT2D eigenvalue weighted by atomic mass is 16.5. The van der Waals surface area contributed by atoms with E-state index in [1.54, 1.807) is 0 Å². The number of piperazine rings is 1. The van der Waals surface area contributed by atoms with Crippen molar-refractivity contribution in [1.82, 2.24) is 10.2 Å². The second kappa shape index (κ2) is 8.61. The fourth-order valence-electron chi connectivity index (χ4n) is 3.00. The maximum absolute atomic E-state index is 12.1. The number of rotatable bonds is 5. The van der Waals surface area contributed by atoms with Crippen LogP contribution in [0, 0.1) is 0 Å². The van der Waals surface area contributed by atoms with Gasteiger partial charge in [0, 0.05) is 37.9 Å². The third kappa shape index (κ3) is 4.91. The van der Waals surface area contributed by atoms with Crippen LogP contribution >= 0.6 is 0 Å². The summed E-state index contributed by atoms with van der Waals surface area (Å²) in [5.41, 5.74) is 2.33. The van der Waals surface area contributed by atoms with Crippen LogP contribution in [0.25, 0.3) is 0 Å². The molecule has 26 heavy (non-hydrogen) atoms. The molecule has 138 valence electrons. The molecule has 2 aromatic rings. The summed E-state index contributed by atoms with van der Waals surface area (Å²) in [5, 5.41) is 2.95. The van der Waals surface area contributed by atoms with Crippen molar-refractivity contribution in [3.63, 3.8) is 0 Å². The van der Waals surface area contributed by atoms with Gasteiger partial charge in [0.15, 0.2) is 0 Å². The van der Waals surface area contributed by atoms with E-state index in [0.29, 0.717) is 6.61 Å². The Kier molecular flexibility index (Phi) is 6.00. The molecule has 1 heterocycles. The molecule has 5 heteroatoms. The summed E-state index contributed by atoms with van der Waals surface area (Å²) in [6.07, 6.45) is 0. The zero-order valence-corrected chi connectivity index (χ0v) is 15.5. The van der Waals surface area contributed by atoms with E-state index >= 15 is 0 Å². The number of amides is 2. The molecular weight excluding hydrogens is 326 g/mol. The summed E-state index contributed by atoms with van der Waals surface area (Å²) in [5.74, 6) is 0.868. The number of ether oxygens (including phenoxy) is 1. The largest absolute Gasteiger partial charge is 0.489 e. The molecule has 0 aliphatic carbocycles. The molecule has 1 aliphatic heterocycles. The van der Waals surface area contributed by atoms with Crippen LogP contribution in [-0.4, -0.2) is 43.2 Å². The van der Waals surface area contributed by atoms with Gasteiger partial charge in [-0.2, -0.15) is 0 Å². The summed E-state index contributed by atoms with van der Waals surface area (Å²) >= 11 is 0. The molecule has 1 aliphatic rings. The van der Waals surface area contributed by atoms with E-state index in [-0.39, 0.29) is 12.1 Å². The highest BCUT2D eigenvalue weighted by Crippen LogP contribution is 2.21. The Hall–Kier alpha value is -2.69. The normalized spacial score (nSPS) is 14.4. The summed E-state index contributed by atoms with van der Waals surface area (Å²) in [7, 11) is 0. The molecule has 3 rings (SSSR count). The second-order valence-electron chi connectivity index (χ2n) is 6.85. The van der Waals surface area contributed by atoms with Crippen LogP contribution in [-0.2, 0) is 6.61 Å². The minimum absolute atomic E-state index is 0.0318. The number of hydrogen-bond donors (Lipinski definition) is 1. The molecule has 1 fully saturated rings. The number of nitrogens with one attached hydrogen (secondary N) is 1. The van der Waals surface area contributed by atoms with Crippen molar-refractivity contribution in [3.8, 4) is 5.75 Å². The highest BCUT2D eigenvalue weighted by Gasteiger charge is 2.21. The fourth-order valence-corrected chi connectivity index (χ4v) is 3.00. The van der Waals surface area contributed by atoms with Crippen molar-refractivity contribution in [2.45, 2.75) is 26.5 Å². The Morgan fingerprint density at radius 1 is 1.00 bits per heavy atom. The van der Waals surface area contributed by atoms with Gasteiger partial charge in [-0.05, 0) is 43.7 Å². The third-order valence-corrected chi connectivity index (χ3v) is 4.43. The molecule has 0 saturated carbocycles. The van der Waals surface area contributed by atoms with Crippen molar-refractivity contribution in [2.75, 3.05) is 31.1 Å². The predicted octanol–water partition coefficient (Wildman–Crippen LogP) is 3.51. The quantitative estimate of drug-likeness (QED) is 0.895. The second-order valence-corrected chi connectivity index (χ2v) is 6.85. The first-order chi connectivity index (χ1) is 12.6. The van der Waals surface area contributed by atoms with E-state index in [2.05, 4.69) is 34.5 Å². The summed E-state index contributed by atoms with van der Waals surface area (Å²) < 4.78 is 5.84. The Bertz CT molecular complexity index is 693. The molecule has 0 unspecified atom stereocenters. The zero-order valence-electron chi connectivity index (χ0n) is 15.5. The van der Waals surface area contributed by atoms with E-state index in [9.17, 15) is 4.79 Å². The fraction of sp³-hybridized carbons (Fsp3) is 0.381. The van der Waals surface area contributed by atoms with Gasteiger partial charge in [-0.1, -0.05) is 30.3 Å². The minimum Gasteiger partial charge on any atom is -0.489 e. The van der Waals surface area contributed by atoms with E-state index < -0.39 is 0 Å². The number of carbonyl (C=O) groups excluding carboxylic acids is 1. The van der Waals surface area contributed by atoms with Gasteiger partial charge < -0.3 is 19.9 Å². The lowest BCUT2D eigenvalue weighted by Gasteiger charge is -2.36. The summed E-state index contributed by atoms with van der Waals surface area (Å²) in [4.78, 5) is 16.3. The van der Waals surface area contributed by atoms with E-state index in [4.69, 9.17) is 4.74 Å². The number of urea groups is 1. The molecule has 1 saturated heterocycles. The van der Waals surface area contributed by atoms with Crippen LogP contribution < -0.4 is 15.0 Å². The van der Waals surface area contributed by atoms with Crippen LogP contribution in [0.2, 0.25) is 0 Å². The SMILES string of the molecule is CC(C)NC(=O)N1CCN(c2ccc(OCc3ccccc3)cc2)CC1. The van der Waals surface area contributed by atoms with Gasteiger partial charge in [0.1, 0.15) is 12.4 Å². The van der Waals surface area contributed by atoms with E-state index in [1.165, 1.54) is 5.69 Å². The van der Waals surface area contributed by atoms with Gasteiger partial charge in [0.05, 0.1) is 0 Å². The lowest BCUT2D eigenvalue weighted by molar-refractivity contribution is 0.192. The lowest BCUT2D eigenvalue weighted by Crippen LogP contribution is -2.52. The predicted molar refractivity (Wildman–Crippen MR) is 105 cm³/mol. The first-order valence-electron chi connectivity index (χ1n) is 9.19. The monoisotopic (exact) mass is 353 g/mol. The minimum atomic E-state index is 0.0318. The van der Waals surface area contributed by atoms with Crippen LogP contribution in [0.5, 0.6) is 5.75 Å². The Labute approximate surface area is 155 Å². The topological polar surface area (TPSA) is 44.8 Å². The molecule has 2 aromatic carbocycles. The average Bonchev–Trinajstić information content (AvgIpc) is 2.67. The number of anilines is 1. The van der Waals surface area contributed by atoms with Crippen LogP contribution in [0.4, 0.5) is 10.5 Å².